The molecule has 1 aromatic carbocycles. The number of thiazole rings is 1. The van der Waals surface area contributed by atoms with E-state index in [2.05, 4.69) is 10.3 Å². The maximum atomic E-state index is 12.4. The topological polar surface area (TPSA) is 74.8 Å². The summed E-state index contributed by atoms with van der Waals surface area (Å²) in [6.07, 6.45) is 1.44. The van der Waals surface area contributed by atoms with Crippen LogP contribution in [0.15, 0.2) is 35.8 Å². The zero-order valence-electron chi connectivity index (χ0n) is 14.0. The molecule has 0 atom stereocenters. The Hall–Kier alpha value is -2.61. The van der Waals surface area contributed by atoms with Crippen LogP contribution >= 0.6 is 11.3 Å². The van der Waals surface area contributed by atoms with E-state index in [1.165, 1.54) is 0 Å². The standard InChI is InChI=1S/C17H20N4O3S/c1-2-24-17(23)21-9-7-20(8-10-21)16(22)19-14-5-3-4-13(12-14)15-18-6-11-25-15/h3-6,11-12H,2,7-10H2,1H3,(H,19,22). The van der Waals surface area contributed by atoms with Gasteiger partial charge < -0.3 is 19.9 Å². The quantitative estimate of drug-likeness (QED) is 0.913. The minimum atomic E-state index is -0.321. The van der Waals surface area contributed by atoms with Gasteiger partial charge in [0.05, 0.1) is 6.61 Å². The van der Waals surface area contributed by atoms with Crippen LogP contribution < -0.4 is 5.32 Å². The fourth-order valence-corrected chi connectivity index (χ4v) is 3.24. The lowest BCUT2D eigenvalue weighted by Crippen LogP contribution is -2.51. The van der Waals surface area contributed by atoms with E-state index in [1.807, 2.05) is 29.6 Å². The van der Waals surface area contributed by atoms with Crippen molar-refractivity contribution >= 4 is 29.1 Å². The number of carbonyl (C=O) groups excluding carboxylic acids is 2. The molecule has 132 valence electrons. The van der Waals surface area contributed by atoms with Crippen LogP contribution in [0, 0.1) is 0 Å². The van der Waals surface area contributed by atoms with Crippen molar-refractivity contribution in [2.24, 2.45) is 0 Å². The lowest BCUT2D eigenvalue weighted by atomic mass is 10.2. The van der Waals surface area contributed by atoms with E-state index >= 15 is 0 Å². The van der Waals surface area contributed by atoms with E-state index in [0.717, 1.165) is 16.3 Å². The van der Waals surface area contributed by atoms with Gasteiger partial charge in [-0.15, -0.1) is 11.3 Å². The number of aromatic nitrogens is 1. The highest BCUT2D eigenvalue weighted by Crippen LogP contribution is 2.24. The SMILES string of the molecule is CCOC(=O)N1CCN(C(=O)Nc2cccc(-c3nccs3)c2)CC1. The van der Waals surface area contributed by atoms with Crippen LogP contribution in [0.4, 0.5) is 15.3 Å². The molecule has 0 aliphatic carbocycles. The number of nitrogens with one attached hydrogen (secondary N) is 1. The van der Waals surface area contributed by atoms with Gasteiger partial charge in [0.1, 0.15) is 5.01 Å². The van der Waals surface area contributed by atoms with Crippen LogP contribution in [0.2, 0.25) is 0 Å². The van der Waals surface area contributed by atoms with Crippen molar-refractivity contribution in [3.05, 3.63) is 35.8 Å². The van der Waals surface area contributed by atoms with Crippen LogP contribution in [-0.2, 0) is 4.74 Å². The Labute approximate surface area is 150 Å². The number of anilines is 1. The zero-order chi connectivity index (χ0) is 17.6. The molecule has 1 aromatic heterocycles. The Morgan fingerprint density at radius 3 is 2.68 bits per heavy atom. The number of hydrogen-bond acceptors (Lipinski definition) is 5. The van der Waals surface area contributed by atoms with Crippen LogP contribution in [0.25, 0.3) is 10.6 Å². The van der Waals surface area contributed by atoms with E-state index in [0.29, 0.717) is 32.8 Å². The van der Waals surface area contributed by atoms with Crippen LogP contribution in [-0.4, -0.2) is 59.7 Å². The summed E-state index contributed by atoms with van der Waals surface area (Å²) in [7, 11) is 0. The van der Waals surface area contributed by atoms with Gasteiger partial charge in [0.25, 0.3) is 0 Å². The Bertz CT molecular complexity index is 727. The molecule has 25 heavy (non-hydrogen) atoms. The molecular formula is C17H20N4O3S. The highest BCUT2D eigenvalue weighted by molar-refractivity contribution is 7.13. The van der Waals surface area contributed by atoms with Gasteiger partial charge >= 0.3 is 12.1 Å². The number of carbonyl (C=O) groups is 2. The fourth-order valence-electron chi connectivity index (χ4n) is 2.61. The van der Waals surface area contributed by atoms with E-state index in [4.69, 9.17) is 4.74 Å². The molecular weight excluding hydrogens is 340 g/mol. The van der Waals surface area contributed by atoms with Crippen LogP contribution in [0.3, 0.4) is 0 Å². The first-order valence-corrected chi connectivity index (χ1v) is 9.03. The Morgan fingerprint density at radius 2 is 2.00 bits per heavy atom. The lowest BCUT2D eigenvalue weighted by molar-refractivity contribution is 0.0868. The highest BCUT2D eigenvalue weighted by Gasteiger charge is 2.24. The number of piperazine rings is 1. The molecule has 0 bridgehead atoms. The second-order valence-electron chi connectivity index (χ2n) is 5.52. The number of rotatable bonds is 3. The van der Waals surface area contributed by atoms with Gasteiger partial charge in [-0.05, 0) is 19.1 Å². The van der Waals surface area contributed by atoms with E-state index in [-0.39, 0.29) is 12.1 Å². The van der Waals surface area contributed by atoms with Gasteiger partial charge in [0, 0.05) is 49.0 Å². The number of nitrogens with zero attached hydrogens (tertiary/aromatic N) is 3. The molecule has 1 N–H and O–H groups in total. The summed E-state index contributed by atoms with van der Waals surface area (Å²) in [5.41, 5.74) is 1.70. The molecule has 1 saturated heterocycles. The van der Waals surface area contributed by atoms with Crippen molar-refractivity contribution in [1.82, 2.24) is 14.8 Å². The largest absolute Gasteiger partial charge is 0.450 e. The molecule has 3 amide bonds. The van der Waals surface area contributed by atoms with Crippen LogP contribution in [0.5, 0.6) is 0 Å². The van der Waals surface area contributed by atoms with Gasteiger partial charge in [0.2, 0.25) is 0 Å². The van der Waals surface area contributed by atoms with Gasteiger partial charge in [-0.1, -0.05) is 12.1 Å². The fraction of sp³-hybridized carbons (Fsp3) is 0.353. The smallest absolute Gasteiger partial charge is 0.409 e. The predicted molar refractivity (Wildman–Crippen MR) is 96.7 cm³/mol. The normalized spacial score (nSPS) is 14.3. The minimum Gasteiger partial charge on any atom is -0.450 e. The monoisotopic (exact) mass is 360 g/mol. The molecule has 2 aromatic rings. The molecule has 0 spiro atoms. The molecule has 0 unspecified atom stereocenters. The Kier molecular flexibility index (Phi) is 5.49. The third-order valence-electron chi connectivity index (χ3n) is 3.89. The van der Waals surface area contributed by atoms with Gasteiger partial charge in [-0.2, -0.15) is 0 Å². The molecule has 8 heteroatoms. The predicted octanol–water partition coefficient (Wildman–Crippen LogP) is 3.12. The summed E-state index contributed by atoms with van der Waals surface area (Å²) in [5, 5.41) is 5.75. The molecule has 0 saturated carbocycles. The first kappa shape index (κ1) is 17.2. The van der Waals surface area contributed by atoms with Crippen LogP contribution in [0.1, 0.15) is 6.92 Å². The third kappa shape index (κ3) is 4.27. The maximum Gasteiger partial charge on any atom is 0.409 e. The summed E-state index contributed by atoms with van der Waals surface area (Å²) < 4.78 is 4.98. The van der Waals surface area contributed by atoms with Crippen molar-refractivity contribution in [2.45, 2.75) is 6.92 Å². The maximum absolute atomic E-state index is 12.4. The van der Waals surface area contributed by atoms with E-state index in [9.17, 15) is 9.59 Å². The molecule has 7 nitrogen and oxygen atoms in total. The molecule has 1 aliphatic rings. The zero-order valence-corrected chi connectivity index (χ0v) is 14.8. The molecule has 1 fully saturated rings. The molecule has 1 aliphatic heterocycles. The summed E-state index contributed by atoms with van der Waals surface area (Å²) in [5.74, 6) is 0. The molecule has 3 rings (SSSR count). The van der Waals surface area contributed by atoms with Gasteiger partial charge in [-0.3, -0.25) is 0 Å². The lowest BCUT2D eigenvalue weighted by Gasteiger charge is -2.34. The summed E-state index contributed by atoms with van der Waals surface area (Å²) in [6.45, 7) is 4.06. The Morgan fingerprint density at radius 1 is 1.24 bits per heavy atom. The number of hydrogen-bond donors (Lipinski definition) is 1. The van der Waals surface area contributed by atoms with Crippen molar-refractivity contribution in [1.29, 1.82) is 0 Å². The van der Waals surface area contributed by atoms with Crippen molar-refractivity contribution in [3.8, 4) is 10.6 Å². The van der Waals surface area contributed by atoms with Crippen molar-refractivity contribution in [3.63, 3.8) is 0 Å². The average Bonchev–Trinajstić information content (AvgIpc) is 3.17. The second-order valence-corrected chi connectivity index (χ2v) is 6.42. The first-order valence-electron chi connectivity index (χ1n) is 8.15. The van der Waals surface area contributed by atoms with Gasteiger partial charge in [-0.25, -0.2) is 14.6 Å². The Balaban J connectivity index is 1.57. The van der Waals surface area contributed by atoms with E-state index in [1.54, 1.807) is 34.3 Å². The third-order valence-corrected chi connectivity index (χ3v) is 4.71. The number of amides is 3. The minimum absolute atomic E-state index is 0.167. The highest BCUT2D eigenvalue weighted by atomic mass is 32.1. The number of ether oxygens (including phenoxy) is 1. The first-order chi connectivity index (χ1) is 12.2. The van der Waals surface area contributed by atoms with Crippen molar-refractivity contribution in [2.75, 3.05) is 38.1 Å². The number of urea groups is 1. The molecule has 2 heterocycles. The van der Waals surface area contributed by atoms with E-state index < -0.39 is 0 Å². The average molecular weight is 360 g/mol. The molecule has 0 radical (unpaired) electrons. The summed E-state index contributed by atoms with van der Waals surface area (Å²) in [4.78, 5) is 31.7. The summed E-state index contributed by atoms with van der Waals surface area (Å²) in [6, 6.07) is 7.45. The van der Waals surface area contributed by atoms with Crippen molar-refractivity contribution < 1.29 is 14.3 Å². The number of benzene rings is 1. The second kappa shape index (κ2) is 7.98. The summed E-state index contributed by atoms with van der Waals surface area (Å²) >= 11 is 1.55. The van der Waals surface area contributed by atoms with Gasteiger partial charge in [0.15, 0.2) is 0 Å².